The number of carboxylic acids is 1. The predicted octanol–water partition coefficient (Wildman–Crippen LogP) is 6.28. The highest BCUT2D eigenvalue weighted by atomic mass is 35.5. The number of Topliss-reactive ketones (excluding diaryl/α,β-unsaturated/α-hetero) is 1. The predicted molar refractivity (Wildman–Crippen MR) is 145 cm³/mol. The molecule has 1 amide bonds. The molecular formula is C29H44ClNO5. The maximum atomic E-state index is 12.7. The van der Waals surface area contributed by atoms with Gasteiger partial charge in [-0.3, -0.25) is 9.59 Å². The van der Waals surface area contributed by atoms with Crippen molar-refractivity contribution in [3.8, 4) is 0 Å². The fourth-order valence-electron chi connectivity index (χ4n) is 3.98. The Morgan fingerprint density at radius 2 is 1.56 bits per heavy atom. The summed E-state index contributed by atoms with van der Waals surface area (Å²) >= 11 is 5.88. The Morgan fingerprint density at radius 3 is 2.14 bits per heavy atom. The first kappa shape index (κ1) is 31.8. The van der Waals surface area contributed by atoms with Crippen LogP contribution in [-0.4, -0.2) is 40.0 Å². The number of unbranched alkanes of at least 4 members (excludes halogenated alkanes) is 8. The van der Waals surface area contributed by atoms with Gasteiger partial charge >= 0.3 is 5.97 Å². The topological polar surface area (TPSA) is 104 Å². The molecule has 202 valence electrons. The number of amides is 1. The van der Waals surface area contributed by atoms with Crippen molar-refractivity contribution < 1.29 is 24.6 Å². The molecule has 0 aromatic heterocycles. The Kier molecular flexibility index (Phi) is 16.0. The van der Waals surface area contributed by atoms with Crippen molar-refractivity contribution in [2.24, 2.45) is 5.92 Å². The molecule has 0 heterocycles. The van der Waals surface area contributed by atoms with Crippen LogP contribution in [0.4, 0.5) is 0 Å². The standard InChI is InChI=1S/C29H44ClNO5/c1-3-4-5-8-11-14-25(32)15-12-9-6-7-10-13-16-26(29(2,36)28(34)35)27(33)31-22-21-23-17-19-24(30)20-18-23/h13,16-20,26,36H,3-12,14-15,21-22H2,1-2H3,(H,31,33)(H,34,35)/t26-,29+/m1/s1. The molecule has 3 N–H and O–H groups in total. The lowest BCUT2D eigenvalue weighted by Gasteiger charge is -2.25. The lowest BCUT2D eigenvalue weighted by Crippen LogP contribution is -2.49. The Hall–Kier alpha value is -2.18. The zero-order valence-corrected chi connectivity index (χ0v) is 22.7. The van der Waals surface area contributed by atoms with Crippen LogP contribution in [0.2, 0.25) is 5.02 Å². The molecule has 1 aromatic carbocycles. The molecule has 2 atom stereocenters. The minimum Gasteiger partial charge on any atom is -0.479 e. The molecule has 36 heavy (non-hydrogen) atoms. The first-order chi connectivity index (χ1) is 17.2. The molecule has 6 nitrogen and oxygen atoms in total. The number of benzene rings is 1. The van der Waals surface area contributed by atoms with Crippen LogP contribution in [-0.2, 0) is 20.8 Å². The second kappa shape index (κ2) is 18.1. The summed E-state index contributed by atoms with van der Waals surface area (Å²) in [5.74, 6) is -2.82. The molecule has 1 aromatic rings. The molecule has 0 aliphatic rings. The molecule has 0 radical (unpaired) electrons. The summed E-state index contributed by atoms with van der Waals surface area (Å²) in [6.07, 6.45) is 15.3. The minimum absolute atomic E-state index is 0.317. The highest BCUT2D eigenvalue weighted by Gasteiger charge is 2.42. The van der Waals surface area contributed by atoms with E-state index in [2.05, 4.69) is 12.2 Å². The third-order valence-corrected chi connectivity index (χ3v) is 6.66. The summed E-state index contributed by atoms with van der Waals surface area (Å²) in [6, 6.07) is 7.27. The van der Waals surface area contributed by atoms with Crippen LogP contribution >= 0.6 is 11.6 Å². The fraction of sp³-hybridized carbons (Fsp3) is 0.621. The average Bonchev–Trinajstić information content (AvgIpc) is 2.83. The van der Waals surface area contributed by atoms with E-state index in [-0.39, 0.29) is 0 Å². The van der Waals surface area contributed by atoms with Crippen LogP contribution in [0.1, 0.15) is 96.5 Å². The summed E-state index contributed by atoms with van der Waals surface area (Å²) < 4.78 is 0. The number of halogens is 1. The molecule has 0 bridgehead atoms. The van der Waals surface area contributed by atoms with E-state index >= 15 is 0 Å². The molecule has 7 heteroatoms. The van der Waals surface area contributed by atoms with E-state index in [0.29, 0.717) is 43.0 Å². The average molecular weight is 522 g/mol. The quantitative estimate of drug-likeness (QED) is 0.138. The van der Waals surface area contributed by atoms with E-state index in [1.807, 2.05) is 12.1 Å². The van der Waals surface area contributed by atoms with E-state index in [0.717, 1.165) is 51.0 Å². The zero-order valence-electron chi connectivity index (χ0n) is 21.9. The van der Waals surface area contributed by atoms with E-state index in [9.17, 15) is 24.6 Å². The largest absolute Gasteiger partial charge is 0.479 e. The van der Waals surface area contributed by atoms with Gasteiger partial charge in [-0.1, -0.05) is 81.3 Å². The van der Waals surface area contributed by atoms with Crippen molar-refractivity contribution in [2.45, 2.75) is 103 Å². The Labute approximate surface area is 221 Å². The number of allylic oxidation sites excluding steroid dienone is 1. The van der Waals surface area contributed by atoms with Gasteiger partial charge < -0.3 is 15.5 Å². The number of carbonyl (C=O) groups is 3. The molecule has 1 rings (SSSR count). The monoisotopic (exact) mass is 521 g/mol. The molecular weight excluding hydrogens is 478 g/mol. The number of nitrogens with one attached hydrogen (secondary N) is 1. The first-order valence-electron chi connectivity index (χ1n) is 13.3. The van der Waals surface area contributed by atoms with Crippen LogP contribution in [0.3, 0.4) is 0 Å². The van der Waals surface area contributed by atoms with Crippen molar-refractivity contribution in [1.29, 1.82) is 0 Å². The highest BCUT2D eigenvalue weighted by Crippen LogP contribution is 2.21. The zero-order chi connectivity index (χ0) is 26.8. The molecule has 0 aliphatic carbocycles. The maximum absolute atomic E-state index is 12.7. The van der Waals surface area contributed by atoms with Gasteiger partial charge in [-0.15, -0.1) is 0 Å². The van der Waals surface area contributed by atoms with Crippen LogP contribution < -0.4 is 5.32 Å². The summed E-state index contributed by atoms with van der Waals surface area (Å²) in [7, 11) is 0. The molecule has 0 aliphatic heterocycles. The summed E-state index contributed by atoms with van der Waals surface area (Å²) in [4.78, 5) is 36.2. The number of aliphatic hydroxyl groups is 1. The third-order valence-electron chi connectivity index (χ3n) is 6.41. The van der Waals surface area contributed by atoms with Gasteiger partial charge in [0.2, 0.25) is 5.91 Å². The Balaban J connectivity index is 2.36. The molecule has 0 saturated heterocycles. The van der Waals surface area contributed by atoms with Crippen molar-refractivity contribution in [2.75, 3.05) is 6.54 Å². The van der Waals surface area contributed by atoms with Crippen molar-refractivity contribution >= 4 is 29.3 Å². The number of hydrogen-bond acceptors (Lipinski definition) is 4. The fourth-order valence-corrected chi connectivity index (χ4v) is 4.10. The third kappa shape index (κ3) is 13.2. The van der Waals surface area contributed by atoms with Crippen molar-refractivity contribution in [3.63, 3.8) is 0 Å². The lowest BCUT2D eigenvalue weighted by molar-refractivity contribution is -0.163. The maximum Gasteiger partial charge on any atom is 0.336 e. The number of aliphatic carboxylic acids is 1. The van der Waals surface area contributed by atoms with Crippen LogP contribution in [0, 0.1) is 5.92 Å². The minimum atomic E-state index is -2.21. The number of carboxylic acid groups (broad SMARTS) is 1. The molecule has 0 fully saturated rings. The summed E-state index contributed by atoms with van der Waals surface area (Å²) in [5.41, 5.74) is -1.22. The smallest absolute Gasteiger partial charge is 0.336 e. The molecule has 0 unspecified atom stereocenters. The van der Waals surface area contributed by atoms with Crippen LogP contribution in [0.15, 0.2) is 36.4 Å². The van der Waals surface area contributed by atoms with Crippen molar-refractivity contribution in [3.05, 3.63) is 47.0 Å². The number of rotatable bonds is 20. The number of carbonyl (C=O) groups excluding carboxylic acids is 2. The van der Waals surface area contributed by atoms with Gasteiger partial charge in [0.1, 0.15) is 5.78 Å². The van der Waals surface area contributed by atoms with E-state index in [1.165, 1.54) is 25.3 Å². The van der Waals surface area contributed by atoms with E-state index in [4.69, 9.17) is 11.6 Å². The lowest BCUT2D eigenvalue weighted by atomic mass is 9.87. The van der Waals surface area contributed by atoms with Gasteiger partial charge in [0.25, 0.3) is 0 Å². The second-order valence-electron chi connectivity index (χ2n) is 9.68. The van der Waals surface area contributed by atoms with Gasteiger partial charge in [-0.2, -0.15) is 0 Å². The summed E-state index contributed by atoms with van der Waals surface area (Å²) in [5, 5.41) is 23.2. The van der Waals surface area contributed by atoms with Crippen molar-refractivity contribution in [1.82, 2.24) is 5.32 Å². The number of hydrogen-bond donors (Lipinski definition) is 3. The second-order valence-corrected chi connectivity index (χ2v) is 10.1. The van der Waals surface area contributed by atoms with Gasteiger partial charge in [-0.05, 0) is 56.7 Å². The van der Waals surface area contributed by atoms with Gasteiger partial charge in [-0.25, -0.2) is 4.79 Å². The van der Waals surface area contributed by atoms with Gasteiger partial charge in [0, 0.05) is 24.4 Å². The van der Waals surface area contributed by atoms with Gasteiger partial charge in [0.15, 0.2) is 5.60 Å². The Morgan fingerprint density at radius 1 is 0.972 bits per heavy atom. The van der Waals surface area contributed by atoms with Gasteiger partial charge in [0.05, 0.1) is 5.92 Å². The SMILES string of the molecule is CCCCCCCC(=O)CCCCCCC=C[C@H](C(=O)NCCc1ccc(Cl)cc1)[C@](C)(O)C(=O)O. The highest BCUT2D eigenvalue weighted by molar-refractivity contribution is 6.30. The summed E-state index contributed by atoms with van der Waals surface area (Å²) in [6.45, 7) is 3.64. The normalized spacial score (nSPS) is 13.9. The Bertz CT molecular complexity index is 819. The first-order valence-corrected chi connectivity index (χ1v) is 13.7. The molecule has 0 saturated carbocycles. The van der Waals surface area contributed by atoms with Crippen LogP contribution in [0.5, 0.6) is 0 Å². The molecule has 0 spiro atoms. The van der Waals surface area contributed by atoms with E-state index in [1.54, 1.807) is 18.2 Å². The number of ketones is 1. The van der Waals surface area contributed by atoms with Crippen LogP contribution in [0.25, 0.3) is 0 Å². The van der Waals surface area contributed by atoms with E-state index < -0.39 is 23.4 Å².